The molecule has 0 aliphatic rings. The summed E-state index contributed by atoms with van der Waals surface area (Å²) in [5.41, 5.74) is 0.275. The predicted octanol–water partition coefficient (Wildman–Crippen LogP) is 4.13. The largest absolute Gasteiger partial charge is 0.422 e. The van der Waals surface area contributed by atoms with Crippen LogP contribution >= 0.6 is 34.8 Å². The van der Waals surface area contributed by atoms with Crippen LogP contribution in [0.15, 0.2) is 24.3 Å². The molecule has 0 unspecified atom stereocenters. The zero-order valence-corrected chi connectivity index (χ0v) is 10.1. The number of hydrogen-bond acceptors (Lipinski definition) is 2. The topological polar surface area (TPSA) is 26.3 Å². The molecule has 0 aliphatic heterocycles. The third-order valence-electron chi connectivity index (χ3n) is 1.53. The summed E-state index contributed by atoms with van der Waals surface area (Å²) in [7, 11) is 0. The maximum atomic E-state index is 11.2. The van der Waals surface area contributed by atoms with Crippen LogP contribution in [0.5, 0.6) is 5.75 Å². The molecule has 0 N–H and O–H groups in total. The lowest BCUT2D eigenvalue weighted by molar-refractivity contribution is -0.130. The summed E-state index contributed by atoms with van der Waals surface area (Å²) in [4.78, 5) is 11.2. The standard InChI is InChI=1S/C10H7Cl3O2/c1-5(2)10(14)15-9-4-7(12)6(11)3-8(9)13/h3-4H,1H2,2H3. The predicted molar refractivity (Wildman–Crippen MR) is 61.9 cm³/mol. The van der Waals surface area contributed by atoms with Gasteiger partial charge in [-0.05, 0) is 13.0 Å². The Kier molecular flexibility index (Phi) is 4.03. The van der Waals surface area contributed by atoms with Crippen LogP contribution in [-0.4, -0.2) is 5.97 Å². The van der Waals surface area contributed by atoms with E-state index in [2.05, 4.69) is 6.58 Å². The average Bonchev–Trinajstić information content (AvgIpc) is 2.13. The van der Waals surface area contributed by atoms with Crippen molar-refractivity contribution in [1.82, 2.24) is 0 Å². The monoisotopic (exact) mass is 264 g/mol. The molecule has 15 heavy (non-hydrogen) atoms. The van der Waals surface area contributed by atoms with E-state index in [4.69, 9.17) is 39.5 Å². The van der Waals surface area contributed by atoms with Crippen LogP contribution in [0, 0.1) is 0 Å². The van der Waals surface area contributed by atoms with Crippen molar-refractivity contribution in [3.05, 3.63) is 39.4 Å². The number of esters is 1. The molecule has 0 saturated heterocycles. The Bertz CT molecular complexity index is 427. The third kappa shape index (κ3) is 3.13. The lowest BCUT2D eigenvalue weighted by Gasteiger charge is -2.07. The molecular formula is C10H7Cl3O2. The van der Waals surface area contributed by atoms with Gasteiger partial charge in [0.15, 0.2) is 5.75 Å². The minimum absolute atomic E-state index is 0.166. The van der Waals surface area contributed by atoms with Crippen molar-refractivity contribution in [3.8, 4) is 5.75 Å². The fourth-order valence-electron chi connectivity index (χ4n) is 0.770. The van der Waals surface area contributed by atoms with Crippen molar-refractivity contribution >= 4 is 40.8 Å². The second-order valence-electron chi connectivity index (χ2n) is 2.87. The van der Waals surface area contributed by atoms with Crippen molar-refractivity contribution in [1.29, 1.82) is 0 Å². The van der Waals surface area contributed by atoms with E-state index in [1.807, 2.05) is 0 Å². The first kappa shape index (κ1) is 12.4. The molecule has 0 aliphatic carbocycles. The molecule has 0 bridgehead atoms. The molecule has 0 heterocycles. The summed E-state index contributed by atoms with van der Waals surface area (Å²) in [6, 6.07) is 2.79. The maximum Gasteiger partial charge on any atom is 0.338 e. The van der Waals surface area contributed by atoms with Crippen molar-refractivity contribution < 1.29 is 9.53 Å². The minimum Gasteiger partial charge on any atom is -0.422 e. The van der Waals surface area contributed by atoms with Crippen molar-refractivity contribution in [2.75, 3.05) is 0 Å². The Hall–Kier alpha value is -0.700. The number of carbonyl (C=O) groups is 1. The number of carbonyl (C=O) groups excluding carboxylic acids is 1. The quantitative estimate of drug-likeness (QED) is 0.348. The van der Waals surface area contributed by atoms with Crippen LogP contribution in [0.4, 0.5) is 0 Å². The molecule has 1 aromatic carbocycles. The Morgan fingerprint density at radius 1 is 1.20 bits per heavy atom. The molecule has 0 spiro atoms. The molecule has 0 atom stereocenters. The second kappa shape index (κ2) is 4.88. The van der Waals surface area contributed by atoms with Gasteiger partial charge in [0.05, 0.1) is 15.1 Å². The first-order chi connectivity index (χ1) is 6.91. The van der Waals surface area contributed by atoms with Gasteiger partial charge in [-0.2, -0.15) is 0 Å². The molecule has 0 aromatic heterocycles. The summed E-state index contributed by atoms with van der Waals surface area (Å²) in [5, 5.41) is 0.793. The Morgan fingerprint density at radius 3 is 2.27 bits per heavy atom. The third-order valence-corrected chi connectivity index (χ3v) is 2.54. The molecule has 0 fully saturated rings. The van der Waals surface area contributed by atoms with E-state index in [0.29, 0.717) is 5.02 Å². The van der Waals surface area contributed by atoms with Crippen molar-refractivity contribution in [3.63, 3.8) is 0 Å². The molecule has 5 heteroatoms. The van der Waals surface area contributed by atoms with Crippen LogP contribution in [0.1, 0.15) is 6.92 Å². The van der Waals surface area contributed by atoms with Crippen LogP contribution in [0.25, 0.3) is 0 Å². The molecular weight excluding hydrogens is 258 g/mol. The van der Waals surface area contributed by atoms with Gasteiger partial charge in [0, 0.05) is 11.6 Å². The molecule has 2 nitrogen and oxygen atoms in total. The Morgan fingerprint density at radius 2 is 1.73 bits per heavy atom. The van der Waals surface area contributed by atoms with Gasteiger partial charge in [-0.1, -0.05) is 41.4 Å². The van der Waals surface area contributed by atoms with Gasteiger partial charge in [-0.25, -0.2) is 4.79 Å². The van der Waals surface area contributed by atoms with E-state index in [-0.39, 0.29) is 21.4 Å². The van der Waals surface area contributed by atoms with Gasteiger partial charge in [0.1, 0.15) is 0 Å². The summed E-state index contributed by atoms with van der Waals surface area (Å²) in [6.07, 6.45) is 0. The van der Waals surface area contributed by atoms with Crippen LogP contribution in [-0.2, 0) is 4.79 Å². The first-order valence-corrected chi connectivity index (χ1v) is 5.07. The minimum atomic E-state index is -0.560. The lowest BCUT2D eigenvalue weighted by Crippen LogP contribution is -2.08. The number of benzene rings is 1. The van der Waals surface area contributed by atoms with Gasteiger partial charge in [0.25, 0.3) is 0 Å². The number of halogens is 3. The van der Waals surface area contributed by atoms with E-state index < -0.39 is 5.97 Å². The van der Waals surface area contributed by atoms with Gasteiger partial charge < -0.3 is 4.74 Å². The van der Waals surface area contributed by atoms with Gasteiger partial charge in [-0.3, -0.25) is 0 Å². The van der Waals surface area contributed by atoms with E-state index in [9.17, 15) is 4.79 Å². The fraction of sp³-hybridized carbons (Fsp3) is 0.100. The fourth-order valence-corrected chi connectivity index (χ4v) is 1.34. The smallest absolute Gasteiger partial charge is 0.338 e. The highest BCUT2D eigenvalue weighted by molar-refractivity contribution is 6.43. The molecule has 0 radical (unpaired) electrons. The maximum absolute atomic E-state index is 11.2. The second-order valence-corrected chi connectivity index (χ2v) is 4.09. The van der Waals surface area contributed by atoms with Gasteiger partial charge in [0.2, 0.25) is 0 Å². The van der Waals surface area contributed by atoms with Crippen LogP contribution < -0.4 is 4.74 Å². The number of rotatable bonds is 2. The molecule has 80 valence electrons. The SMILES string of the molecule is C=C(C)C(=O)Oc1cc(Cl)c(Cl)cc1Cl. The highest BCUT2D eigenvalue weighted by atomic mass is 35.5. The van der Waals surface area contributed by atoms with E-state index in [0.717, 1.165) is 0 Å². The summed E-state index contributed by atoms with van der Waals surface area (Å²) >= 11 is 17.3. The number of ether oxygens (including phenoxy) is 1. The summed E-state index contributed by atoms with van der Waals surface area (Å²) < 4.78 is 4.93. The normalized spacial score (nSPS) is 9.87. The van der Waals surface area contributed by atoms with Crippen LogP contribution in [0.2, 0.25) is 15.1 Å². The van der Waals surface area contributed by atoms with Crippen molar-refractivity contribution in [2.45, 2.75) is 6.92 Å². The van der Waals surface area contributed by atoms with Crippen LogP contribution in [0.3, 0.4) is 0 Å². The highest BCUT2D eigenvalue weighted by Crippen LogP contribution is 2.34. The Balaban J connectivity index is 3.01. The molecule has 0 amide bonds. The average molecular weight is 266 g/mol. The molecule has 1 rings (SSSR count). The zero-order valence-electron chi connectivity index (χ0n) is 7.81. The first-order valence-electron chi connectivity index (χ1n) is 3.94. The highest BCUT2D eigenvalue weighted by Gasteiger charge is 2.11. The van der Waals surface area contributed by atoms with Gasteiger partial charge >= 0.3 is 5.97 Å². The van der Waals surface area contributed by atoms with Gasteiger partial charge in [-0.15, -0.1) is 0 Å². The van der Waals surface area contributed by atoms with Crippen molar-refractivity contribution in [2.24, 2.45) is 0 Å². The van der Waals surface area contributed by atoms with E-state index >= 15 is 0 Å². The number of hydrogen-bond donors (Lipinski definition) is 0. The summed E-state index contributed by atoms with van der Waals surface area (Å²) in [5.74, 6) is -0.394. The summed E-state index contributed by atoms with van der Waals surface area (Å²) in [6.45, 7) is 4.98. The Labute approximate surface area is 102 Å². The zero-order chi connectivity index (χ0) is 11.6. The van der Waals surface area contributed by atoms with E-state index in [1.165, 1.54) is 19.1 Å². The molecule has 0 saturated carbocycles. The molecule has 1 aromatic rings. The lowest BCUT2D eigenvalue weighted by atomic mass is 10.3. The van der Waals surface area contributed by atoms with E-state index in [1.54, 1.807) is 0 Å².